The van der Waals surface area contributed by atoms with E-state index in [4.69, 9.17) is 5.73 Å². The van der Waals surface area contributed by atoms with Gasteiger partial charge in [-0.1, -0.05) is 12.1 Å². The number of hydrogen-bond acceptors (Lipinski definition) is 4. The first-order chi connectivity index (χ1) is 8.68. The number of rotatable bonds is 1. The van der Waals surface area contributed by atoms with Crippen LogP contribution in [0.25, 0.3) is 22.2 Å². The average Bonchev–Trinajstić information content (AvgIpc) is 2.75. The second kappa shape index (κ2) is 3.73. The molecule has 0 aliphatic heterocycles. The van der Waals surface area contributed by atoms with Crippen LogP contribution in [0.15, 0.2) is 36.5 Å². The molecule has 5 nitrogen and oxygen atoms in total. The van der Waals surface area contributed by atoms with Gasteiger partial charge in [0.2, 0.25) is 0 Å². The number of aromatic hydroxyl groups is 1. The lowest BCUT2D eigenvalue weighted by molar-refractivity contribution is 0.477. The van der Waals surface area contributed by atoms with E-state index in [1.165, 1.54) is 0 Å². The van der Waals surface area contributed by atoms with E-state index in [0.717, 1.165) is 10.9 Å². The standard InChI is InChI=1S/C13H12N4O/c1-17-7-6-9-11(15-16-13(14)12(9)17)8-4-2-3-5-10(8)18/h2-7,18H,1H3,(H2,14,16). The molecule has 5 heteroatoms. The van der Waals surface area contributed by atoms with Gasteiger partial charge in [0.25, 0.3) is 0 Å². The van der Waals surface area contributed by atoms with Crippen LogP contribution in [0.1, 0.15) is 0 Å². The SMILES string of the molecule is Cn1ccc2c(-c3ccccc3O)nnc(N)c21. The normalized spacial score (nSPS) is 10.9. The van der Waals surface area contributed by atoms with E-state index in [2.05, 4.69) is 10.2 Å². The molecule has 0 saturated heterocycles. The molecule has 3 aromatic rings. The Labute approximate surface area is 103 Å². The zero-order valence-corrected chi connectivity index (χ0v) is 9.83. The van der Waals surface area contributed by atoms with Crippen LogP contribution in [0.2, 0.25) is 0 Å². The van der Waals surface area contributed by atoms with Gasteiger partial charge >= 0.3 is 0 Å². The maximum atomic E-state index is 9.89. The highest BCUT2D eigenvalue weighted by Gasteiger charge is 2.14. The molecule has 3 N–H and O–H groups in total. The fourth-order valence-corrected chi connectivity index (χ4v) is 2.12. The first-order valence-corrected chi connectivity index (χ1v) is 5.54. The first-order valence-electron chi connectivity index (χ1n) is 5.54. The molecule has 18 heavy (non-hydrogen) atoms. The predicted molar refractivity (Wildman–Crippen MR) is 70.0 cm³/mol. The maximum Gasteiger partial charge on any atom is 0.170 e. The predicted octanol–water partition coefficient (Wildman–Crippen LogP) is 1.92. The Kier molecular flexibility index (Phi) is 2.19. The number of phenolic OH excluding ortho intramolecular Hbond substituents is 1. The summed E-state index contributed by atoms with van der Waals surface area (Å²) in [6.07, 6.45) is 1.90. The van der Waals surface area contributed by atoms with Gasteiger partial charge in [0.15, 0.2) is 5.82 Å². The molecule has 3 rings (SSSR count). The van der Waals surface area contributed by atoms with Crippen molar-refractivity contribution >= 4 is 16.7 Å². The largest absolute Gasteiger partial charge is 0.507 e. The number of nitrogens with two attached hydrogens (primary N) is 1. The first kappa shape index (κ1) is 10.6. The second-order valence-corrected chi connectivity index (χ2v) is 4.14. The van der Waals surface area contributed by atoms with E-state index in [1.54, 1.807) is 12.1 Å². The molecule has 90 valence electrons. The molecule has 0 fully saturated rings. The molecule has 2 aromatic heterocycles. The van der Waals surface area contributed by atoms with Crippen LogP contribution < -0.4 is 5.73 Å². The molecule has 0 atom stereocenters. The molecule has 0 radical (unpaired) electrons. The third-order valence-corrected chi connectivity index (χ3v) is 2.99. The smallest absolute Gasteiger partial charge is 0.170 e. The van der Waals surface area contributed by atoms with Gasteiger partial charge in [-0.25, -0.2) is 0 Å². The summed E-state index contributed by atoms with van der Waals surface area (Å²) in [5, 5.41) is 18.8. The molecule has 0 spiro atoms. The summed E-state index contributed by atoms with van der Waals surface area (Å²) in [5.74, 6) is 0.568. The van der Waals surface area contributed by atoms with Gasteiger partial charge in [0.05, 0.1) is 5.52 Å². The van der Waals surface area contributed by atoms with Gasteiger partial charge in [0.1, 0.15) is 11.4 Å². The lowest BCUT2D eigenvalue weighted by Crippen LogP contribution is -1.99. The molecule has 0 saturated carbocycles. The third kappa shape index (κ3) is 1.41. The number of phenols is 1. The minimum absolute atomic E-state index is 0.182. The highest BCUT2D eigenvalue weighted by molar-refractivity contribution is 5.98. The molecule has 0 unspecified atom stereocenters. The number of benzene rings is 1. The Morgan fingerprint density at radius 3 is 2.72 bits per heavy atom. The third-order valence-electron chi connectivity index (χ3n) is 2.99. The topological polar surface area (TPSA) is 77.0 Å². The summed E-state index contributed by atoms with van der Waals surface area (Å²) < 4.78 is 1.89. The fourth-order valence-electron chi connectivity index (χ4n) is 2.12. The van der Waals surface area contributed by atoms with Crippen LogP contribution in [0.4, 0.5) is 5.82 Å². The van der Waals surface area contributed by atoms with E-state index in [1.807, 2.05) is 36.0 Å². The second-order valence-electron chi connectivity index (χ2n) is 4.14. The molecule has 0 bridgehead atoms. The van der Waals surface area contributed by atoms with Gasteiger partial charge in [-0.05, 0) is 18.2 Å². The molecule has 0 aliphatic carbocycles. The summed E-state index contributed by atoms with van der Waals surface area (Å²) in [7, 11) is 1.90. The summed E-state index contributed by atoms with van der Waals surface area (Å²) in [6, 6.07) is 8.97. The Hall–Kier alpha value is -2.56. The quantitative estimate of drug-likeness (QED) is 0.681. The number of hydrogen-bond donors (Lipinski definition) is 2. The zero-order chi connectivity index (χ0) is 12.7. The molecule has 0 aliphatic rings. The molecular weight excluding hydrogens is 228 g/mol. The molecule has 2 heterocycles. The maximum absolute atomic E-state index is 9.89. The highest BCUT2D eigenvalue weighted by Crippen LogP contribution is 2.33. The number of nitrogens with zero attached hydrogens (tertiary/aromatic N) is 3. The highest BCUT2D eigenvalue weighted by atomic mass is 16.3. The summed E-state index contributed by atoms with van der Waals surface area (Å²) in [6.45, 7) is 0. The Bertz CT molecular complexity index is 733. The fraction of sp³-hybridized carbons (Fsp3) is 0.0769. The number of para-hydroxylation sites is 1. The van der Waals surface area contributed by atoms with Gasteiger partial charge in [-0.15, -0.1) is 10.2 Å². The van der Waals surface area contributed by atoms with Crippen molar-refractivity contribution < 1.29 is 5.11 Å². The minimum atomic E-state index is 0.182. The Balaban J connectivity index is 2.38. The number of aromatic nitrogens is 3. The van der Waals surface area contributed by atoms with E-state index in [9.17, 15) is 5.11 Å². The number of fused-ring (bicyclic) bond motifs is 1. The van der Waals surface area contributed by atoms with Crippen LogP contribution in [0.5, 0.6) is 5.75 Å². The lowest BCUT2D eigenvalue weighted by atomic mass is 10.1. The van der Waals surface area contributed by atoms with Crippen molar-refractivity contribution in [2.45, 2.75) is 0 Å². The average molecular weight is 240 g/mol. The Morgan fingerprint density at radius 1 is 1.17 bits per heavy atom. The minimum Gasteiger partial charge on any atom is -0.507 e. The lowest BCUT2D eigenvalue weighted by Gasteiger charge is -2.06. The summed E-state index contributed by atoms with van der Waals surface area (Å²) in [4.78, 5) is 0. The zero-order valence-electron chi connectivity index (χ0n) is 9.83. The van der Waals surface area contributed by atoms with Gasteiger partial charge < -0.3 is 15.4 Å². The van der Waals surface area contributed by atoms with Crippen LogP contribution in [0.3, 0.4) is 0 Å². The summed E-state index contributed by atoms with van der Waals surface area (Å²) >= 11 is 0. The van der Waals surface area contributed by atoms with E-state index in [0.29, 0.717) is 17.1 Å². The van der Waals surface area contributed by atoms with Crippen LogP contribution in [-0.2, 0) is 7.05 Å². The van der Waals surface area contributed by atoms with Crippen molar-refractivity contribution in [2.24, 2.45) is 7.05 Å². The van der Waals surface area contributed by atoms with E-state index in [-0.39, 0.29) is 5.75 Å². The number of aryl methyl sites for hydroxylation is 1. The van der Waals surface area contributed by atoms with Crippen LogP contribution in [-0.4, -0.2) is 19.9 Å². The van der Waals surface area contributed by atoms with Gasteiger partial charge in [-0.2, -0.15) is 0 Å². The van der Waals surface area contributed by atoms with Crippen molar-refractivity contribution in [1.82, 2.24) is 14.8 Å². The van der Waals surface area contributed by atoms with Crippen molar-refractivity contribution in [3.05, 3.63) is 36.5 Å². The van der Waals surface area contributed by atoms with E-state index < -0.39 is 0 Å². The molecule has 1 aromatic carbocycles. The Morgan fingerprint density at radius 2 is 1.94 bits per heavy atom. The van der Waals surface area contributed by atoms with Crippen molar-refractivity contribution in [3.8, 4) is 17.0 Å². The van der Waals surface area contributed by atoms with Crippen molar-refractivity contribution in [3.63, 3.8) is 0 Å². The molecular formula is C13H12N4O. The molecule has 0 amide bonds. The van der Waals surface area contributed by atoms with Crippen molar-refractivity contribution in [2.75, 3.05) is 5.73 Å². The van der Waals surface area contributed by atoms with Gasteiger partial charge in [0, 0.05) is 24.2 Å². The van der Waals surface area contributed by atoms with E-state index >= 15 is 0 Å². The van der Waals surface area contributed by atoms with Crippen LogP contribution >= 0.6 is 0 Å². The number of nitrogen functional groups attached to an aromatic ring is 1. The summed E-state index contributed by atoms with van der Waals surface area (Å²) in [5.41, 5.74) is 7.94. The monoisotopic (exact) mass is 240 g/mol. The number of anilines is 1. The van der Waals surface area contributed by atoms with Gasteiger partial charge in [-0.3, -0.25) is 0 Å². The van der Waals surface area contributed by atoms with Crippen molar-refractivity contribution in [1.29, 1.82) is 0 Å². The van der Waals surface area contributed by atoms with Crippen LogP contribution in [0, 0.1) is 0 Å².